The van der Waals surface area contributed by atoms with E-state index < -0.39 is 0 Å². The van der Waals surface area contributed by atoms with Gasteiger partial charge in [-0.05, 0) is 20.9 Å². The van der Waals surface area contributed by atoms with Crippen LogP contribution in [0.1, 0.15) is 19.9 Å². The van der Waals surface area contributed by atoms with Gasteiger partial charge < -0.3 is 9.64 Å². The highest BCUT2D eigenvalue weighted by atomic mass is 16.5. The average Bonchev–Trinajstić information content (AvgIpc) is 2.61. The minimum absolute atomic E-state index is 0.0526. The topological polar surface area (TPSA) is 39.4 Å². The second kappa shape index (κ2) is 5.06. The minimum atomic E-state index is 0.0526. The number of likely N-dealkylation sites (N-methyl/N-ethyl adjacent to an activating group) is 1. The molecule has 17 heavy (non-hydrogen) atoms. The fourth-order valence-corrected chi connectivity index (χ4v) is 2.16. The van der Waals surface area contributed by atoms with Crippen LogP contribution in [0.5, 0.6) is 0 Å². The van der Waals surface area contributed by atoms with E-state index in [1.807, 2.05) is 26.2 Å². The Hall–Kier alpha value is -1.07. The van der Waals surface area contributed by atoms with Gasteiger partial charge in [0.1, 0.15) is 0 Å². The maximum atomic E-state index is 12.0. The first-order valence-electron chi connectivity index (χ1n) is 6.15. The van der Waals surface area contributed by atoms with Crippen molar-refractivity contribution < 1.29 is 4.74 Å². The quantitative estimate of drug-likeness (QED) is 0.774. The van der Waals surface area contributed by atoms with Crippen molar-refractivity contribution in [1.29, 1.82) is 0 Å². The molecule has 96 valence electrons. The van der Waals surface area contributed by atoms with Crippen LogP contribution in [0, 0.1) is 0 Å². The molecule has 0 aromatic carbocycles. The number of rotatable bonds is 3. The predicted octanol–water partition coefficient (Wildman–Crippen LogP) is 0.561. The lowest BCUT2D eigenvalue weighted by Gasteiger charge is -2.29. The van der Waals surface area contributed by atoms with Crippen molar-refractivity contribution in [3.63, 3.8) is 0 Å². The molecule has 1 aliphatic rings. The number of ether oxygens (including phenoxy) is 1. The monoisotopic (exact) mass is 239 g/mol. The minimum Gasteiger partial charge on any atom is -0.374 e. The highest BCUT2D eigenvalue weighted by Crippen LogP contribution is 2.06. The van der Waals surface area contributed by atoms with Crippen LogP contribution in [-0.2, 0) is 11.3 Å². The molecule has 0 bridgehead atoms. The third kappa shape index (κ3) is 2.79. The van der Waals surface area contributed by atoms with Gasteiger partial charge in [0.05, 0.1) is 19.3 Å². The molecule has 1 aliphatic heterocycles. The van der Waals surface area contributed by atoms with E-state index in [1.54, 1.807) is 9.13 Å². The Bertz CT molecular complexity index is 422. The summed E-state index contributed by atoms with van der Waals surface area (Å²) in [6.45, 7) is 7.27. The van der Waals surface area contributed by atoms with E-state index in [0.29, 0.717) is 6.54 Å². The molecule has 1 unspecified atom stereocenters. The molecule has 2 rings (SSSR count). The maximum absolute atomic E-state index is 12.0. The van der Waals surface area contributed by atoms with E-state index in [9.17, 15) is 4.79 Å². The molecule has 0 saturated carbocycles. The summed E-state index contributed by atoms with van der Waals surface area (Å²) in [5.41, 5.74) is 0.0526. The summed E-state index contributed by atoms with van der Waals surface area (Å²) in [6.07, 6.45) is 3.81. The first-order chi connectivity index (χ1) is 8.08. The third-order valence-electron chi connectivity index (χ3n) is 3.17. The SMILES string of the molecule is CC(C)n1ccn(CC2CN(C)CCO2)c1=O. The molecule has 2 heterocycles. The molecular formula is C12H21N3O2. The summed E-state index contributed by atoms with van der Waals surface area (Å²) in [5, 5.41) is 0. The number of morpholine rings is 1. The predicted molar refractivity (Wildman–Crippen MR) is 66.3 cm³/mol. The van der Waals surface area contributed by atoms with E-state index in [2.05, 4.69) is 11.9 Å². The van der Waals surface area contributed by atoms with E-state index in [0.717, 1.165) is 19.7 Å². The lowest BCUT2D eigenvalue weighted by Crippen LogP contribution is -2.43. The Kier molecular flexibility index (Phi) is 3.69. The second-order valence-electron chi connectivity index (χ2n) is 4.99. The standard InChI is InChI=1S/C12H21N3O2/c1-10(2)15-5-4-14(12(15)16)9-11-8-13(3)6-7-17-11/h4-5,10-11H,6-9H2,1-3H3. The van der Waals surface area contributed by atoms with Crippen molar-refractivity contribution in [2.45, 2.75) is 32.5 Å². The van der Waals surface area contributed by atoms with Gasteiger partial charge in [0.2, 0.25) is 0 Å². The van der Waals surface area contributed by atoms with Crippen molar-refractivity contribution in [3.8, 4) is 0 Å². The van der Waals surface area contributed by atoms with Crippen LogP contribution in [0.15, 0.2) is 17.2 Å². The van der Waals surface area contributed by atoms with Gasteiger partial charge in [-0.3, -0.25) is 9.13 Å². The summed E-state index contributed by atoms with van der Waals surface area (Å²) >= 11 is 0. The van der Waals surface area contributed by atoms with Crippen LogP contribution in [0.25, 0.3) is 0 Å². The number of nitrogens with zero attached hydrogens (tertiary/aromatic N) is 3. The normalized spacial score (nSPS) is 22.2. The molecule has 0 radical (unpaired) electrons. The fraction of sp³-hybridized carbons (Fsp3) is 0.750. The van der Waals surface area contributed by atoms with Crippen LogP contribution in [0.3, 0.4) is 0 Å². The second-order valence-corrected chi connectivity index (χ2v) is 4.99. The van der Waals surface area contributed by atoms with E-state index >= 15 is 0 Å². The summed E-state index contributed by atoms with van der Waals surface area (Å²) in [6, 6.07) is 0.207. The summed E-state index contributed by atoms with van der Waals surface area (Å²) in [5.74, 6) is 0. The highest BCUT2D eigenvalue weighted by Gasteiger charge is 2.19. The number of hydrogen-bond donors (Lipinski definition) is 0. The lowest BCUT2D eigenvalue weighted by molar-refractivity contribution is -0.0279. The van der Waals surface area contributed by atoms with Crippen LogP contribution in [0.4, 0.5) is 0 Å². The van der Waals surface area contributed by atoms with Gasteiger partial charge in [-0.15, -0.1) is 0 Å². The molecular weight excluding hydrogens is 218 g/mol. The van der Waals surface area contributed by atoms with Gasteiger partial charge in [-0.1, -0.05) is 0 Å². The average molecular weight is 239 g/mol. The molecule has 1 aromatic heterocycles. The third-order valence-corrected chi connectivity index (χ3v) is 3.17. The van der Waals surface area contributed by atoms with Gasteiger partial charge in [0.25, 0.3) is 0 Å². The number of aromatic nitrogens is 2. The first kappa shape index (κ1) is 12.4. The molecule has 5 heteroatoms. The summed E-state index contributed by atoms with van der Waals surface area (Å²) in [4.78, 5) is 14.3. The zero-order valence-electron chi connectivity index (χ0n) is 10.8. The zero-order valence-corrected chi connectivity index (χ0v) is 10.8. The number of hydrogen-bond acceptors (Lipinski definition) is 3. The molecule has 0 N–H and O–H groups in total. The molecule has 0 amide bonds. The smallest absolute Gasteiger partial charge is 0.328 e. The van der Waals surface area contributed by atoms with Crippen molar-refractivity contribution >= 4 is 0 Å². The molecule has 1 aromatic rings. The van der Waals surface area contributed by atoms with Gasteiger partial charge in [0.15, 0.2) is 0 Å². The molecule has 1 atom stereocenters. The molecule has 1 fully saturated rings. The molecule has 0 spiro atoms. The lowest BCUT2D eigenvalue weighted by atomic mass is 10.3. The van der Waals surface area contributed by atoms with Crippen LogP contribution >= 0.6 is 0 Å². The zero-order chi connectivity index (χ0) is 12.4. The Morgan fingerprint density at radius 2 is 2.24 bits per heavy atom. The maximum Gasteiger partial charge on any atom is 0.328 e. The Morgan fingerprint density at radius 3 is 2.82 bits per heavy atom. The van der Waals surface area contributed by atoms with E-state index in [-0.39, 0.29) is 17.8 Å². The molecule has 0 aliphatic carbocycles. The van der Waals surface area contributed by atoms with Crippen LogP contribution in [-0.4, -0.2) is 46.9 Å². The summed E-state index contributed by atoms with van der Waals surface area (Å²) in [7, 11) is 2.08. The van der Waals surface area contributed by atoms with Gasteiger partial charge in [-0.2, -0.15) is 0 Å². The van der Waals surface area contributed by atoms with Gasteiger partial charge >= 0.3 is 5.69 Å². The van der Waals surface area contributed by atoms with Crippen molar-refractivity contribution in [2.75, 3.05) is 26.7 Å². The van der Waals surface area contributed by atoms with E-state index in [4.69, 9.17) is 4.74 Å². The molecule has 1 saturated heterocycles. The highest BCUT2D eigenvalue weighted by molar-refractivity contribution is 4.85. The molecule has 5 nitrogen and oxygen atoms in total. The van der Waals surface area contributed by atoms with Gasteiger partial charge in [-0.25, -0.2) is 4.79 Å². The van der Waals surface area contributed by atoms with Crippen LogP contribution in [0.2, 0.25) is 0 Å². The van der Waals surface area contributed by atoms with Crippen molar-refractivity contribution in [2.24, 2.45) is 0 Å². The Labute approximate surface area is 102 Å². The number of imidazole rings is 1. The fourth-order valence-electron chi connectivity index (χ4n) is 2.16. The van der Waals surface area contributed by atoms with Gasteiger partial charge in [0, 0.05) is 31.5 Å². The van der Waals surface area contributed by atoms with E-state index in [1.165, 1.54) is 0 Å². The Morgan fingerprint density at radius 1 is 1.47 bits per heavy atom. The van der Waals surface area contributed by atoms with Crippen molar-refractivity contribution in [1.82, 2.24) is 14.0 Å². The van der Waals surface area contributed by atoms with Crippen molar-refractivity contribution in [3.05, 3.63) is 22.9 Å². The summed E-state index contributed by atoms with van der Waals surface area (Å²) < 4.78 is 9.15. The van der Waals surface area contributed by atoms with Crippen LogP contribution < -0.4 is 5.69 Å². The first-order valence-corrected chi connectivity index (χ1v) is 6.15. The Balaban J connectivity index is 2.06. The largest absolute Gasteiger partial charge is 0.374 e.